The van der Waals surface area contributed by atoms with Gasteiger partial charge in [-0.2, -0.15) is 16.4 Å². The summed E-state index contributed by atoms with van der Waals surface area (Å²) in [7, 11) is 0. The molecule has 1 aliphatic rings. The maximum atomic E-state index is 4.11. The fourth-order valence-electron chi connectivity index (χ4n) is 2.51. The van der Waals surface area contributed by atoms with Crippen LogP contribution >= 0.6 is 11.8 Å². The first-order valence-electron chi connectivity index (χ1n) is 6.92. The van der Waals surface area contributed by atoms with Crippen molar-refractivity contribution in [2.75, 3.05) is 12.8 Å². The van der Waals surface area contributed by atoms with Gasteiger partial charge in [0.05, 0.1) is 12.2 Å². The number of thioether (sulfide) groups is 1. The molecular weight excluding hydrogens is 270 g/mol. The Balaban J connectivity index is 1.63. The summed E-state index contributed by atoms with van der Waals surface area (Å²) in [5, 5.41) is 15.5. The van der Waals surface area contributed by atoms with Gasteiger partial charge >= 0.3 is 0 Å². The SMILES string of the molecule is CSC1(CNCc2nnnn2-c2ccccc2)CCC1. The molecule has 0 unspecified atom stereocenters. The molecule has 3 rings (SSSR count). The van der Waals surface area contributed by atoms with Crippen molar-refractivity contribution in [2.24, 2.45) is 0 Å². The van der Waals surface area contributed by atoms with Crippen LogP contribution in [-0.2, 0) is 6.54 Å². The molecule has 1 heterocycles. The normalized spacial score (nSPS) is 16.9. The average molecular weight is 289 g/mol. The Hall–Kier alpha value is -1.40. The second-order valence-corrected chi connectivity index (χ2v) is 6.46. The minimum atomic E-state index is 0.436. The van der Waals surface area contributed by atoms with Crippen LogP contribution in [0.2, 0.25) is 0 Å². The van der Waals surface area contributed by atoms with Gasteiger partial charge in [0.15, 0.2) is 5.82 Å². The Morgan fingerprint density at radius 3 is 2.75 bits per heavy atom. The number of rotatable bonds is 6. The van der Waals surface area contributed by atoms with E-state index in [0.717, 1.165) is 18.1 Å². The number of hydrogen-bond acceptors (Lipinski definition) is 5. The van der Waals surface area contributed by atoms with Gasteiger partial charge in [-0.3, -0.25) is 0 Å². The number of aromatic nitrogens is 4. The molecule has 1 aromatic carbocycles. The minimum Gasteiger partial charge on any atom is -0.308 e. The summed E-state index contributed by atoms with van der Waals surface area (Å²) in [6.45, 7) is 1.72. The van der Waals surface area contributed by atoms with Crippen molar-refractivity contribution < 1.29 is 0 Å². The predicted octanol–water partition coefficient (Wildman–Crippen LogP) is 2.04. The van der Waals surface area contributed by atoms with Crippen LogP contribution in [-0.4, -0.2) is 37.8 Å². The number of nitrogens with one attached hydrogen (secondary N) is 1. The Morgan fingerprint density at radius 2 is 2.10 bits per heavy atom. The molecule has 1 N–H and O–H groups in total. The van der Waals surface area contributed by atoms with E-state index < -0.39 is 0 Å². The van der Waals surface area contributed by atoms with Crippen molar-refractivity contribution in [3.63, 3.8) is 0 Å². The smallest absolute Gasteiger partial charge is 0.170 e. The van der Waals surface area contributed by atoms with Crippen LogP contribution in [0.4, 0.5) is 0 Å². The molecule has 1 saturated carbocycles. The number of benzene rings is 1. The van der Waals surface area contributed by atoms with E-state index in [9.17, 15) is 0 Å². The van der Waals surface area contributed by atoms with Gasteiger partial charge in [0.2, 0.25) is 0 Å². The van der Waals surface area contributed by atoms with Crippen molar-refractivity contribution in [3.8, 4) is 5.69 Å². The molecule has 0 atom stereocenters. The maximum absolute atomic E-state index is 4.11. The van der Waals surface area contributed by atoms with Crippen molar-refractivity contribution in [3.05, 3.63) is 36.2 Å². The monoisotopic (exact) mass is 289 g/mol. The van der Waals surface area contributed by atoms with Crippen LogP contribution in [0.1, 0.15) is 25.1 Å². The van der Waals surface area contributed by atoms with Gasteiger partial charge in [-0.05, 0) is 41.7 Å². The van der Waals surface area contributed by atoms with Gasteiger partial charge in [0.25, 0.3) is 0 Å². The number of para-hydroxylation sites is 1. The fraction of sp³-hybridized carbons (Fsp3) is 0.500. The Kier molecular flexibility index (Phi) is 4.03. The molecule has 2 aromatic rings. The maximum Gasteiger partial charge on any atom is 0.170 e. The van der Waals surface area contributed by atoms with Gasteiger partial charge in [-0.25, -0.2) is 0 Å². The highest BCUT2D eigenvalue weighted by Crippen LogP contribution is 2.42. The minimum absolute atomic E-state index is 0.436. The molecule has 20 heavy (non-hydrogen) atoms. The van der Waals surface area contributed by atoms with E-state index in [0.29, 0.717) is 11.3 Å². The summed E-state index contributed by atoms with van der Waals surface area (Å²) in [5.41, 5.74) is 0.998. The lowest BCUT2D eigenvalue weighted by Gasteiger charge is -2.40. The standard InChI is InChI=1S/C14H19N5S/c1-20-14(8-5-9-14)11-15-10-13-16-17-18-19(13)12-6-3-2-4-7-12/h2-4,6-7,15H,5,8-11H2,1H3. The van der Waals surface area contributed by atoms with E-state index >= 15 is 0 Å². The van der Waals surface area contributed by atoms with E-state index in [4.69, 9.17) is 0 Å². The van der Waals surface area contributed by atoms with E-state index in [1.165, 1.54) is 19.3 Å². The van der Waals surface area contributed by atoms with Gasteiger partial charge in [0.1, 0.15) is 0 Å². The molecule has 106 valence electrons. The Bertz CT molecular complexity index is 544. The first-order valence-corrected chi connectivity index (χ1v) is 8.14. The summed E-state index contributed by atoms with van der Waals surface area (Å²) in [4.78, 5) is 0. The fourth-order valence-corrected chi connectivity index (χ4v) is 3.46. The third kappa shape index (κ3) is 2.71. The van der Waals surface area contributed by atoms with Gasteiger partial charge in [-0.15, -0.1) is 5.10 Å². The van der Waals surface area contributed by atoms with Crippen LogP contribution in [0.3, 0.4) is 0 Å². The Labute approximate surface area is 123 Å². The molecule has 0 saturated heterocycles. The van der Waals surface area contributed by atoms with Crippen molar-refractivity contribution >= 4 is 11.8 Å². The lowest BCUT2D eigenvalue weighted by molar-refractivity contribution is 0.344. The second kappa shape index (κ2) is 5.93. The van der Waals surface area contributed by atoms with Crippen molar-refractivity contribution in [2.45, 2.75) is 30.6 Å². The van der Waals surface area contributed by atoms with Crippen LogP contribution in [0, 0.1) is 0 Å². The molecular formula is C14H19N5S. The molecule has 6 heteroatoms. The van der Waals surface area contributed by atoms with Crippen molar-refractivity contribution in [1.29, 1.82) is 0 Å². The Morgan fingerprint density at radius 1 is 1.30 bits per heavy atom. The van der Waals surface area contributed by atoms with Crippen LogP contribution < -0.4 is 5.32 Å². The molecule has 0 bridgehead atoms. The highest BCUT2D eigenvalue weighted by molar-refractivity contribution is 8.00. The van der Waals surface area contributed by atoms with Gasteiger partial charge < -0.3 is 5.32 Å². The summed E-state index contributed by atoms with van der Waals surface area (Å²) in [6.07, 6.45) is 6.18. The van der Waals surface area contributed by atoms with E-state index in [-0.39, 0.29) is 0 Å². The van der Waals surface area contributed by atoms with Gasteiger partial charge in [0, 0.05) is 11.3 Å². The van der Waals surface area contributed by atoms with Crippen LogP contribution in [0.5, 0.6) is 0 Å². The molecule has 1 aliphatic carbocycles. The number of hydrogen-bond donors (Lipinski definition) is 1. The lowest BCUT2D eigenvalue weighted by Crippen LogP contribution is -2.43. The van der Waals surface area contributed by atoms with Crippen molar-refractivity contribution in [1.82, 2.24) is 25.5 Å². The van der Waals surface area contributed by atoms with Crippen LogP contribution in [0.25, 0.3) is 5.69 Å². The van der Waals surface area contributed by atoms with E-state index in [1.807, 2.05) is 42.1 Å². The predicted molar refractivity (Wildman–Crippen MR) is 81.0 cm³/mol. The molecule has 1 aromatic heterocycles. The van der Waals surface area contributed by atoms with E-state index in [2.05, 4.69) is 27.1 Å². The van der Waals surface area contributed by atoms with Gasteiger partial charge in [-0.1, -0.05) is 24.6 Å². The number of nitrogens with zero attached hydrogens (tertiary/aromatic N) is 4. The summed E-state index contributed by atoms with van der Waals surface area (Å²) in [5.74, 6) is 0.853. The highest BCUT2D eigenvalue weighted by Gasteiger charge is 2.35. The number of tetrazole rings is 1. The second-order valence-electron chi connectivity index (χ2n) is 5.19. The van der Waals surface area contributed by atoms with Crippen LogP contribution in [0.15, 0.2) is 30.3 Å². The summed E-state index contributed by atoms with van der Waals surface area (Å²) in [6, 6.07) is 9.99. The molecule has 0 aliphatic heterocycles. The topological polar surface area (TPSA) is 55.6 Å². The molecule has 0 amide bonds. The largest absolute Gasteiger partial charge is 0.308 e. The average Bonchev–Trinajstić information content (AvgIpc) is 2.91. The van der Waals surface area contributed by atoms with E-state index in [1.54, 1.807) is 4.68 Å². The molecule has 0 radical (unpaired) electrons. The highest BCUT2D eigenvalue weighted by atomic mass is 32.2. The lowest BCUT2D eigenvalue weighted by atomic mass is 9.84. The first-order chi connectivity index (χ1) is 9.83. The quantitative estimate of drug-likeness (QED) is 0.882. The zero-order valence-corrected chi connectivity index (χ0v) is 12.4. The third-order valence-corrected chi connectivity index (χ3v) is 5.38. The molecule has 1 fully saturated rings. The molecule has 5 nitrogen and oxygen atoms in total. The zero-order chi connectivity index (χ0) is 13.8. The summed E-state index contributed by atoms with van der Waals surface area (Å²) >= 11 is 1.98. The third-order valence-electron chi connectivity index (χ3n) is 3.96. The summed E-state index contributed by atoms with van der Waals surface area (Å²) < 4.78 is 2.23. The first kappa shape index (κ1) is 13.6. The molecule has 0 spiro atoms. The zero-order valence-electron chi connectivity index (χ0n) is 11.6.